The van der Waals surface area contributed by atoms with Crippen LogP contribution in [-0.4, -0.2) is 39.8 Å². The minimum atomic E-state index is 0.697. The van der Waals surface area contributed by atoms with E-state index in [0.29, 0.717) is 19.6 Å². The first-order valence-corrected chi connectivity index (χ1v) is 3.81. The monoisotopic (exact) mass is 160 g/mol. The second-order valence-corrected chi connectivity index (χ2v) is 2.14. The number of likely N-dealkylation sites (N-methyl/N-ethyl adjacent to an activating group) is 1. The molecule has 0 spiro atoms. The molecule has 0 aromatic carbocycles. The summed E-state index contributed by atoms with van der Waals surface area (Å²) >= 11 is 0. The summed E-state index contributed by atoms with van der Waals surface area (Å²) < 4.78 is 5.20. The van der Waals surface area contributed by atoms with E-state index in [1.165, 1.54) is 0 Å². The normalized spacial score (nSPS) is 9.55. The van der Waals surface area contributed by atoms with E-state index in [-0.39, 0.29) is 0 Å². The van der Waals surface area contributed by atoms with Gasteiger partial charge in [-0.3, -0.25) is 4.79 Å². The van der Waals surface area contributed by atoms with Crippen LogP contribution in [0.4, 0.5) is 0 Å². The highest BCUT2D eigenvalue weighted by Gasteiger charge is 1.86. The number of carbonyl (C=O) groups is 1. The molecule has 0 radical (unpaired) electrons. The number of hydrogen-bond donors (Lipinski definition) is 2. The smallest absolute Gasteiger partial charge is 0.207 e. The van der Waals surface area contributed by atoms with Crippen LogP contribution in [0.5, 0.6) is 0 Å². The Bertz CT molecular complexity index is 88.5. The standard InChI is InChI=1S/C7H16N2O2/c1-8-4-6-11-5-2-3-9-7-10/h7-8H,2-6H2,1H3,(H,9,10). The third-order valence-corrected chi connectivity index (χ3v) is 1.19. The van der Waals surface area contributed by atoms with Crippen LogP contribution in [-0.2, 0) is 9.53 Å². The van der Waals surface area contributed by atoms with Gasteiger partial charge in [0.05, 0.1) is 6.61 Å². The van der Waals surface area contributed by atoms with Crippen LogP contribution in [0.2, 0.25) is 0 Å². The molecule has 1 amide bonds. The molecule has 4 heteroatoms. The van der Waals surface area contributed by atoms with Crippen molar-refractivity contribution in [2.24, 2.45) is 0 Å². The molecule has 0 fully saturated rings. The Morgan fingerprint density at radius 3 is 2.82 bits per heavy atom. The number of ether oxygens (including phenoxy) is 1. The summed E-state index contributed by atoms with van der Waals surface area (Å²) in [6.07, 6.45) is 1.58. The average molecular weight is 160 g/mol. The van der Waals surface area contributed by atoms with E-state index in [1.54, 1.807) is 0 Å². The lowest BCUT2D eigenvalue weighted by Crippen LogP contribution is -2.17. The van der Waals surface area contributed by atoms with E-state index < -0.39 is 0 Å². The molecule has 0 atom stereocenters. The summed E-state index contributed by atoms with van der Waals surface area (Å²) in [4.78, 5) is 9.78. The van der Waals surface area contributed by atoms with Crippen molar-refractivity contribution in [1.82, 2.24) is 10.6 Å². The maximum atomic E-state index is 9.78. The topological polar surface area (TPSA) is 50.4 Å². The number of rotatable bonds is 8. The number of nitrogens with one attached hydrogen (secondary N) is 2. The molecule has 2 N–H and O–H groups in total. The molecule has 0 aliphatic carbocycles. The molecular formula is C7H16N2O2. The Morgan fingerprint density at radius 2 is 2.18 bits per heavy atom. The summed E-state index contributed by atoms with van der Waals surface area (Å²) in [7, 11) is 1.89. The first-order valence-electron chi connectivity index (χ1n) is 3.81. The molecule has 0 aliphatic rings. The second kappa shape index (κ2) is 9.39. The molecule has 0 heterocycles. The summed E-state index contributed by atoms with van der Waals surface area (Å²) in [5.41, 5.74) is 0. The van der Waals surface area contributed by atoms with E-state index in [4.69, 9.17) is 4.74 Å². The average Bonchev–Trinajstić information content (AvgIpc) is 2.03. The largest absolute Gasteiger partial charge is 0.380 e. The SMILES string of the molecule is CNCCOCCCNC=O. The molecule has 0 aromatic heterocycles. The number of amides is 1. The zero-order valence-corrected chi connectivity index (χ0v) is 6.93. The van der Waals surface area contributed by atoms with Crippen molar-refractivity contribution in [1.29, 1.82) is 0 Å². The maximum absolute atomic E-state index is 9.78. The van der Waals surface area contributed by atoms with Gasteiger partial charge >= 0.3 is 0 Å². The predicted octanol–water partition coefficient (Wildman–Crippen LogP) is -0.642. The van der Waals surface area contributed by atoms with Crippen LogP contribution in [0.15, 0.2) is 0 Å². The number of carbonyl (C=O) groups excluding carboxylic acids is 1. The van der Waals surface area contributed by atoms with Gasteiger partial charge in [0.25, 0.3) is 0 Å². The van der Waals surface area contributed by atoms with Crippen molar-refractivity contribution >= 4 is 6.41 Å². The number of hydrogen-bond acceptors (Lipinski definition) is 3. The lowest BCUT2D eigenvalue weighted by molar-refractivity contribution is -0.109. The fourth-order valence-electron chi connectivity index (χ4n) is 0.612. The first kappa shape index (κ1) is 10.4. The van der Waals surface area contributed by atoms with Gasteiger partial charge in [-0.25, -0.2) is 0 Å². The molecule has 0 saturated heterocycles. The Hall–Kier alpha value is -0.610. The highest BCUT2D eigenvalue weighted by Crippen LogP contribution is 1.78. The van der Waals surface area contributed by atoms with Gasteiger partial charge in [-0.05, 0) is 13.5 Å². The second-order valence-electron chi connectivity index (χ2n) is 2.14. The Balaban J connectivity index is 2.74. The fourth-order valence-corrected chi connectivity index (χ4v) is 0.612. The van der Waals surface area contributed by atoms with Gasteiger partial charge in [-0.1, -0.05) is 0 Å². The van der Waals surface area contributed by atoms with Gasteiger partial charge in [0.2, 0.25) is 6.41 Å². The summed E-state index contributed by atoms with van der Waals surface area (Å²) in [5, 5.41) is 5.54. The zero-order chi connectivity index (χ0) is 8.36. The van der Waals surface area contributed by atoms with Crippen molar-refractivity contribution in [2.75, 3.05) is 33.4 Å². The summed E-state index contributed by atoms with van der Waals surface area (Å²) in [5.74, 6) is 0. The fraction of sp³-hybridized carbons (Fsp3) is 0.857. The van der Waals surface area contributed by atoms with E-state index >= 15 is 0 Å². The van der Waals surface area contributed by atoms with Crippen LogP contribution >= 0.6 is 0 Å². The van der Waals surface area contributed by atoms with Crippen LogP contribution in [0.1, 0.15) is 6.42 Å². The Labute approximate surface area is 67.3 Å². The maximum Gasteiger partial charge on any atom is 0.207 e. The highest BCUT2D eigenvalue weighted by molar-refractivity contribution is 5.45. The molecule has 0 bridgehead atoms. The van der Waals surface area contributed by atoms with Crippen molar-refractivity contribution in [3.8, 4) is 0 Å². The van der Waals surface area contributed by atoms with E-state index in [9.17, 15) is 4.79 Å². The molecule has 4 nitrogen and oxygen atoms in total. The summed E-state index contributed by atoms with van der Waals surface area (Å²) in [6.45, 7) is 3.02. The molecule has 0 unspecified atom stereocenters. The molecule has 0 rings (SSSR count). The lowest BCUT2D eigenvalue weighted by atomic mass is 10.4. The molecule has 0 aliphatic heterocycles. The van der Waals surface area contributed by atoms with Gasteiger partial charge in [-0.2, -0.15) is 0 Å². The van der Waals surface area contributed by atoms with Crippen molar-refractivity contribution in [2.45, 2.75) is 6.42 Å². The van der Waals surface area contributed by atoms with Crippen molar-refractivity contribution in [3.05, 3.63) is 0 Å². The lowest BCUT2D eigenvalue weighted by Gasteiger charge is -2.02. The van der Waals surface area contributed by atoms with Crippen molar-refractivity contribution in [3.63, 3.8) is 0 Å². The van der Waals surface area contributed by atoms with Crippen LogP contribution in [0, 0.1) is 0 Å². The van der Waals surface area contributed by atoms with Crippen molar-refractivity contribution < 1.29 is 9.53 Å². The molecule has 11 heavy (non-hydrogen) atoms. The van der Waals surface area contributed by atoms with Gasteiger partial charge in [0, 0.05) is 19.7 Å². The molecular weight excluding hydrogens is 144 g/mol. The highest BCUT2D eigenvalue weighted by atomic mass is 16.5. The quantitative estimate of drug-likeness (QED) is 0.367. The van der Waals surface area contributed by atoms with Crippen LogP contribution in [0.25, 0.3) is 0 Å². The van der Waals surface area contributed by atoms with Crippen LogP contribution in [0.3, 0.4) is 0 Å². The molecule has 0 saturated carbocycles. The van der Waals surface area contributed by atoms with Gasteiger partial charge < -0.3 is 15.4 Å². The Morgan fingerprint density at radius 1 is 1.36 bits per heavy atom. The van der Waals surface area contributed by atoms with Crippen LogP contribution < -0.4 is 10.6 Å². The van der Waals surface area contributed by atoms with Gasteiger partial charge in [0.1, 0.15) is 0 Å². The third-order valence-electron chi connectivity index (χ3n) is 1.19. The minimum Gasteiger partial charge on any atom is -0.380 e. The minimum absolute atomic E-state index is 0.697. The molecule has 0 aromatic rings. The first-order chi connectivity index (χ1) is 5.41. The third kappa shape index (κ3) is 9.39. The molecule has 66 valence electrons. The predicted molar refractivity (Wildman–Crippen MR) is 43.4 cm³/mol. The van der Waals surface area contributed by atoms with Gasteiger partial charge in [0.15, 0.2) is 0 Å². The zero-order valence-electron chi connectivity index (χ0n) is 6.93. The Kier molecular flexibility index (Phi) is 8.87. The summed E-state index contributed by atoms with van der Waals surface area (Å²) in [6, 6.07) is 0. The van der Waals surface area contributed by atoms with E-state index in [0.717, 1.165) is 19.6 Å². The van der Waals surface area contributed by atoms with E-state index in [1.807, 2.05) is 7.05 Å². The van der Waals surface area contributed by atoms with Gasteiger partial charge in [-0.15, -0.1) is 0 Å². The van der Waals surface area contributed by atoms with E-state index in [2.05, 4.69) is 10.6 Å².